The number of aliphatic imine (C=N–C) groups is 3. The van der Waals surface area contributed by atoms with E-state index < -0.39 is 0 Å². The summed E-state index contributed by atoms with van der Waals surface area (Å²) in [5.41, 5.74) is 13.6. The first-order chi connectivity index (χ1) is 21.1. The molecule has 1 saturated heterocycles. The SMILES string of the molecule is CCC1=C(C)C2=NC1=CC1=C(C)C3=C(O)CC(=C4NC(=C(CCO)C5=NC(=C2)C(CO)=C5C)[C@@H](C)[C@@H]4CCC(=O)OC)C3=N1. The fourth-order valence-electron chi connectivity index (χ4n) is 7.37. The molecule has 230 valence electrons. The molecule has 6 aliphatic rings. The maximum absolute atomic E-state index is 12.3. The first-order valence-corrected chi connectivity index (χ1v) is 15.4. The van der Waals surface area contributed by atoms with Crippen LogP contribution in [-0.2, 0) is 9.53 Å². The van der Waals surface area contributed by atoms with Crippen LogP contribution in [0.15, 0.2) is 106 Å². The smallest absolute Gasteiger partial charge is 0.305 e. The number of aliphatic hydroxyl groups excluding tert-OH is 3. The second-order valence-electron chi connectivity index (χ2n) is 12.1. The Hall–Kier alpha value is -4.08. The summed E-state index contributed by atoms with van der Waals surface area (Å²) >= 11 is 0. The van der Waals surface area contributed by atoms with Crippen LogP contribution in [0.3, 0.4) is 0 Å². The summed E-state index contributed by atoms with van der Waals surface area (Å²) in [7, 11) is 1.40. The molecule has 0 amide bonds. The maximum Gasteiger partial charge on any atom is 0.305 e. The summed E-state index contributed by atoms with van der Waals surface area (Å²) in [6.45, 7) is 9.97. The van der Waals surface area contributed by atoms with Crippen molar-refractivity contribution in [2.75, 3.05) is 20.3 Å². The van der Waals surface area contributed by atoms with Gasteiger partial charge in [-0.25, -0.2) is 15.0 Å². The van der Waals surface area contributed by atoms with Gasteiger partial charge in [-0.15, -0.1) is 0 Å². The van der Waals surface area contributed by atoms with Crippen molar-refractivity contribution in [3.05, 3.63) is 91.0 Å². The number of allylic oxidation sites excluding steroid dienone is 10. The molecule has 0 aromatic carbocycles. The predicted molar refractivity (Wildman–Crippen MR) is 171 cm³/mol. The van der Waals surface area contributed by atoms with E-state index in [2.05, 4.69) is 26.1 Å². The van der Waals surface area contributed by atoms with Crippen LogP contribution < -0.4 is 5.32 Å². The molecule has 6 rings (SSSR count). The molecule has 0 radical (unpaired) electrons. The standard InChI is InChI=1S/C35H40N4O5/c1-7-20-16(2)25-13-28-24(15-41)18(4)32(38-28)22(10-11-40)33-17(3)21(8-9-30(43)44-6)34(39-33)23-12-29(42)31-19(5)26(37-35(23)31)14-27(20)36-25/h13-14,17,21,39-42H,7-12,15H2,1-6H3/t17-,21-/m0/s1. The quantitative estimate of drug-likeness (QED) is 0.292. The second-order valence-corrected chi connectivity index (χ2v) is 12.1. The van der Waals surface area contributed by atoms with E-state index in [1.807, 2.05) is 26.0 Å². The summed E-state index contributed by atoms with van der Waals surface area (Å²) in [5, 5.41) is 35.7. The maximum atomic E-state index is 12.3. The highest BCUT2D eigenvalue weighted by molar-refractivity contribution is 6.21. The molecule has 0 unspecified atom stereocenters. The molecule has 0 aromatic heterocycles. The molecular formula is C35H40N4O5. The third-order valence-electron chi connectivity index (χ3n) is 9.83. The van der Waals surface area contributed by atoms with Gasteiger partial charge in [0.25, 0.3) is 0 Å². The Morgan fingerprint density at radius 2 is 1.73 bits per heavy atom. The van der Waals surface area contributed by atoms with Gasteiger partial charge in [-0.3, -0.25) is 4.79 Å². The van der Waals surface area contributed by atoms with Gasteiger partial charge in [0.15, 0.2) is 0 Å². The fraction of sp³-hybridized carbons (Fsp3) is 0.429. The minimum atomic E-state index is -0.279. The van der Waals surface area contributed by atoms with Crippen LogP contribution in [0.5, 0.6) is 0 Å². The second kappa shape index (κ2) is 11.4. The van der Waals surface area contributed by atoms with Gasteiger partial charge in [-0.1, -0.05) is 13.8 Å². The number of ether oxygens (including phenoxy) is 1. The molecule has 9 heteroatoms. The highest BCUT2D eigenvalue weighted by Crippen LogP contribution is 2.47. The Morgan fingerprint density at radius 1 is 0.977 bits per heavy atom. The lowest BCUT2D eigenvalue weighted by Gasteiger charge is -2.18. The van der Waals surface area contributed by atoms with Crippen molar-refractivity contribution in [1.29, 1.82) is 0 Å². The first-order valence-electron chi connectivity index (χ1n) is 15.4. The monoisotopic (exact) mass is 596 g/mol. The third-order valence-corrected chi connectivity index (χ3v) is 9.83. The molecule has 1 fully saturated rings. The molecule has 44 heavy (non-hydrogen) atoms. The third kappa shape index (κ3) is 4.61. The van der Waals surface area contributed by atoms with E-state index in [0.717, 1.165) is 90.9 Å². The van der Waals surface area contributed by atoms with E-state index in [1.165, 1.54) is 7.11 Å². The molecule has 0 spiro atoms. The average molecular weight is 597 g/mol. The Balaban J connectivity index is 1.65. The van der Waals surface area contributed by atoms with Crippen molar-refractivity contribution in [1.82, 2.24) is 5.32 Å². The zero-order valence-electron chi connectivity index (χ0n) is 26.3. The Kier molecular flexibility index (Phi) is 7.80. The average Bonchev–Trinajstić information content (AvgIpc) is 3.76. The van der Waals surface area contributed by atoms with Crippen LogP contribution in [0.25, 0.3) is 0 Å². The van der Waals surface area contributed by atoms with Crippen molar-refractivity contribution in [2.45, 2.75) is 66.7 Å². The van der Waals surface area contributed by atoms with E-state index in [9.17, 15) is 20.1 Å². The molecule has 8 bridgehead atoms. The zero-order chi connectivity index (χ0) is 31.4. The summed E-state index contributed by atoms with van der Waals surface area (Å²) < 4.78 is 4.98. The molecule has 1 aliphatic carbocycles. The Bertz CT molecular complexity index is 1730. The van der Waals surface area contributed by atoms with E-state index in [0.29, 0.717) is 25.0 Å². The van der Waals surface area contributed by atoms with Gasteiger partial charge >= 0.3 is 5.97 Å². The molecule has 5 heterocycles. The molecule has 0 saturated carbocycles. The summed E-state index contributed by atoms with van der Waals surface area (Å²) in [4.78, 5) is 27.5. The van der Waals surface area contributed by atoms with Crippen molar-refractivity contribution in [2.24, 2.45) is 26.8 Å². The van der Waals surface area contributed by atoms with E-state index >= 15 is 0 Å². The normalized spacial score (nSPS) is 24.4. The van der Waals surface area contributed by atoms with Gasteiger partial charge in [0.1, 0.15) is 5.76 Å². The molecular weight excluding hydrogens is 556 g/mol. The molecule has 5 aliphatic heterocycles. The van der Waals surface area contributed by atoms with Crippen molar-refractivity contribution >= 4 is 23.1 Å². The van der Waals surface area contributed by atoms with Gasteiger partial charge in [0, 0.05) is 59.4 Å². The largest absolute Gasteiger partial charge is 0.511 e. The highest BCUT2D eigenvalue weighted by Gasteiger charge is 2.42. The number of aliphatic hydroxyl groups is 3. The van der Waals surface area contributed by atoms with Crippen LogP contribution in [0.2, 0.25) is 0 Å². The van der Waals surface area contributed by atoms with Crippen LogP contribution >= 0.6 is 0 Å². The van der Waals surface area contributed by atoms with E-state index in [-0.39, 0.29) is 43.2 Å². The number of hydrogen-bond acceptors (Lipinski definition) is 9. The number of carbonyl (C=O) groups is 1. The fourth-order valence-corrected chi connectivity index (χ4v) is 7.37. The molecule has 2 atom stereocenters. The number of esters is 1. The minimum Gasteiger partial charge on any atom is -0.511 e. The van der Waals surface area contributed by atoms with Crippen LogP contribution in [0.1, 0.15) is 66.7 Å². The minimum absolute atomic E-state index is 0.0537. The lowest BCUT2D eigenvalue weighted by Crippen LogP contribution is -2.17. The van der Waals surface area contributed by atoms with Gasteiger partial charge in [0.2, 0.25) is 0 Å². The number of fused-ring (bicyclic) bond motifs is 5. The van der Waals surface area contributed by atoms with E-state index in [4.69, 9.17) is 19.7 Å². The summed E-state index contributed by atoms with van der Waals surface area (Å²) in [6.07, 6.45) is 6.21. The molecule has 0 aromatic rings. The molecule has 9 nitrogen and oxygen atoms in total. The zero-order valence-corrected chi connectivity index (χ0v) is 26.3. The topological polar surface area (TPSA) is 136 Å². The van der Waals surface area contributed by atoms with Crippen LogP contribution in [-0.4, -0.2) is 58.7 Å². The lowest BCUT2D eigenvalue weighted by molar-refractivity contribution is -0.140. The van der Waals surface area contributed by atoms with Crippen molar-refractivity contribution in [3.63, 3.8) is 0 Å². The van der Waals surface area contributed by atoms with Gasteiger partial charge < -0.3 is 25.4 Å². The van der Waals surface area contributed by atoms with Crippen molar-refractivity contribution in [3.8, 4) is 0 Å². The van der Waals surface area contributed by atoms with Crippen LogP contribution in [0, 0.1) is 11.8 Å². The first kappa shape index (κ1) is 30.0. The number of methoxy groups -OCH3 is 1. The van der Waals surface area contributed by atoms with Gasteiger partial charge in [-0.2, -0.15) is 0 Å². The number of carbonyl (C=O) groups excluding carboxylic acids is 1. The highest BCUT2D eigenvalue weighted by atomic mass is 16.5. The Morgan fingerprint density at radius 3 is 2.41 bits per heavy atom. The van der Waals surface area contributed by atoms with Gasteiger partial charge in [-0.05, 0) is 80.1 Å². The molecule has 4 N–H and O–H groups in total. The Labute approximate surface area is 257 Å². The lowest BCUT2D eigenvalue weighted by atomic mass is 9.84. The van der Waals surface area contributed by atoms with Crippen LogP contribution in [0.4, 0.5) is 0 Å². The predicted octanol–water partition coefficient (Wildman–Crippen LogP) is 5.36. The van der Waals surface area contributed by atoms with E-state index in [1.54, 1.807) is 0 Å². The van der Waals surface area contributed by atoms with Crippen molar-refractivity contribution < 1.29 is 24.9 Å². The number of rotatable bonds is 7. The summed E-state index contributed by atoms with van der Waals surface area (Å²) in [6, 6.07) is 0. The summed E-state index contributed by atoms with van der Waals surface area (Å²) in [5.74, 6) is -0.136. The number of nitrogens with zero attached hydrogens (tertiary/aromatic N) is 3. The van der Waals surface area contributed by atoms with Gasteiger partial charge in [0.05, 0.1) is 47.9 Å². The number of hydrogen-bond donors (Lipinski definition) is 4. The number of nitrogens with one attached hydrogen (secondary N) is 1.